The molecule has 0 amide bonds. The van der Waals surface area contributed by atoms with Gasteiger partial charge in [0.25, 0.3) is 0 Å². The number of hydrogen-bond acceptors (Lipinski definition) is 2. The second-order valence-electron chi connectivity index (χ2n) is 5.99. The number of fused-ring (bicyclic) bond motifs is 2. The SMILES string of the molecule is Cc1c(-c2ccc3c(c2)CCCC3)nc2n1CCCN2. The van der Waals surface area contributed by atoms with Gasteiger partial charge in [0.2, 0.25) is 5.95 Å². The van der Waals surface area contributed by atoms with E-state index in [1.54, 1.807) is 5.56 Å². The first-order valence-electron chi connectivity index (χ1n) is 7.76. The van der Waals surface area contributed by atoms with Crippen LogP contribution in [0.5, 0.6) is 0 Å². The third-order valence-corrected chi connectivity index (χ3v) is 4.68. The van der Waals surface area contributed by atoms with Crippen LogP contribution in [0.2, 0.25) is 0 Å². The minimum absolute atomic E-state index is 1.04. The van der Waals surface area contributed by atoms with E-state index in [1.165, 1.54) is 48.9 Å². The summed E-state index contributed by atoms with van der Waals surface area (Å²) in [6.07, 6.45) is 6.34. The summed E-state index contributed by atoms with van der Waals surface area (Å²) in [7, 11) is 0. The van der Waals surface area contributed by atoms with Gasteiger partial charge in [-0.05, 0) is 56.2 Å². The lowest BCUT2D eigenvalue weighted by Crippen LogP contribution is -2.17. The molecular weight excluding hydrogens is 246 g/mol. The van der Waals surface area contributed by atoms with Gasteiger partial charge in [-0.1, -0.05) is 12.1 Å². The maximum absolute atomic E-state index is 4.82. The molecule has 0 saturated carbocycles. The molecular formula is C17H21N3. The van der Waals surface area contributed by atoms with E-state index in [9.17, 15) is 0 Å². The van der Waals surface area contributed by atoms with Gasteiger partial charge >= 0.3 is 0 Å². The Morgan fingerprint density at radius 2 is 1.95 bits per heavy atom. The lowest BCUT2D eigenvalue weighted by Gasteiger charge is -2.17. The molecule has 0 spiro atoms. The molecule has 0 fully saturated rings. The van der Waals surface area contributed by atoms with Crippen molar-refractivity contribution in [1.29, 1.82) is 0 Å². The van der Waals surface area contributed by atoms with Crippen molar-refractivity contribution < 1.29 is 0 Å². The van der Waals surface area contributed by atoms with Crippen molar-refractivity contribution in [2.75, 3.05) is 11.9 Å². The van der Waals surface area contributed by atoms with Gasteiger partial charge in [0, 0.05) is 24.3 Å². The van der Waals surface area contributed by atoms with Crippen LogP contribution in [0, 0.1) is 6.92 Å². The van der Waals surface area contributed by atoms with E-state index < -0.39 is 0 Å². The first-order valence-corrected chi connectivity index (χ1v) is 7.76. The number of nitrogens with one attached hydrogen (secondary N) is 1. The Balaban J connectivity index is 1.79. The van der Waals surface area contributed by atoms with Gasteiger partial charge in [-0.15, -0.1) is 0 Å². The number of rotatable bonds is 1. The number of hydrogen-bond donors (Lipinski definition) is 1. The quantitative estimate of drug-likeness (QED) is 0.856. The summed E-state index contributed by atoms with van der Waals surface area (Å²) in [5, 5.41) is 3.41. The van der Waals surface area contributed by atoms with E-state index in [0.29, 0.717) is 0 Å². The topological polar surface area (TPSA) is 29.9 Å². The van der Waals surface area contributed by atoms with Gasteiger partial charge in [-0.2, -0.15) is 0 Å². The Morgan fingerprint density at radius 3 is 2.80 bits per heavy atom. The largest absolute Gasteiger partial charge is 0.356 e. The fraction of sp³-hybridized carbons (Fsp3) is 0.471. The average Bonchev–Trinajstić information content (AvgIpc) is 2.84. The molecule has 20 heavy (non-hydrogen) atoms. The van der Waals surface area contributed by atoms with E-state index in [2.05, 4.69) is 35.0 Å². The zero-order chi connectivity index (χ0) is 13.5. The molecule has 1 N–H and O–H groups in total. The molecule has 2 aliphatic rings. The fourth-order valence-electron chi connectivity index (χ4n) is 3.53. The number of anilines is 1. The molecule has 0 unspecified atom stereocenters. The normalized spacial score (nSPS) is 17.2. The van der Waals surface area contributed by atoms with E-state index in [4.69, 9.17) is 4.98 Å². The van der Waals surface area contributed by atoms with Crippen molar-refractivity contribution in [2.24, 2.45) is 0 Å². The molecule has 1 aromatic heterocycles. The summed E-state index contributed by atoms with van der Waals surface area (Å²) >= 11 is 0. The molecule has 1 aliphatic carbocycles. The molecule has 0 bridgehead atoms. The molecule has 104 valence electrons. The number of aromatic nitrogens is 2. The second-order valence-corrected chi connectivity index (χ2v) is 5.99. The van der Waals surface area contributed by atoms with E-state index >= 15 is 0 Å². The second kappa shape index (κ2) is 4.65. The van der Waals surface area contributed by atoms with Gasteiger partial charge in [-0.25, -0.2) is 4.98 Å². The van der Waals surface area contributed by atoms with Gasteiger partial charge in [0.15, 0.2) is 0 Å². The summed E-state index contributed by atoms with van der Waals surface area (Å²) < 4.78 is 2.32. The number of aryl methyl sites for hydroxylation is 2. The molecule has 3 nitrogen and oxygen atoms in total. The number of imidazole rings is 1. The number of nitrogens with zero attached hydrogens (tertiary/aromatic N) is 2. The van der Waals surface area contributed by atoms with Crippen LogP contribution in [-0.4, -0.2) is 16.1 Å². The van der Waals surface area contributed by atoms with Crippen LogP contribution in [0.4, 0.5) is 5.95 Å². The smallest absolute Gasteiger partial charge is 0.203 e. The van der Waals surface area contributed by atoms with Crippen LogP contribution in [0.25, 0.3) is 11.3 Å². The maximum atomic E-state index is 4.82. The molecule has 1 aliphatic heterocycles. The summed E-state index contributed by atoms with van der Waals surface area (Å²) in [5.74, 6) is 1.04. The highest BCUT2D eigenvalue weighted by atomic mass is 15.2. The minimum Gasteiger partial charge on any atom is -0.356 e. The van der Waals surface area contributed by atoms with Gasteiger partial charge in [-0.3, -0.25) is 0 Å². The standard InChI is InChI=1S/C17H21N3/c1-12-16(19-17-18-9-4-10-20(12)17)15-8-7-13-5-2-3-6-14(13)11-15/h7-8,11H,2-6,9-10H2,1H3,(H,18,19). The molecule has 0 radical (unpaired) electrons. The fourth-order valence-corrected chi connectivity index (χ4v) is 3.53. The molecule has 0 saturated heterocycles. The molecule has 1 aromatic carbocycles. The first kappa shape index (κ1) is 12.0. The van der Waals surface area contributed by atoms with E-state index in [1.807, 2.05) is 0 Å². The molecule has 0 atom stereocenters. The van der Waals surface area contributed by atoms with Crippen molar-refractivity contribution in [1.82, 2.24) is 9.55 Å². The van der Waals surface area contributed by atoms with Crippen molar-refractivity contribution in [2.45, 2.75) is 45.6 Å². The Labute approximate surface area is 120 Å². The third-order valence-electron chi connectivity index (χ3n) is 4.68. The summed E-state index contributed by atoms with van der Waals surface area (Å²) in [5.41, 5.74) is 6.81. The van der Waals surface area contributed by atoms with Crippen molar-refractivity contribution in [3.63, 3.8) is 0 Å². The Morgan fingerprint density at radius 1 is 1.10 bits per heavy atom. The molecule has 2 aromatic rings. The monoisotopic (exact) mass is 267 g/mol. The van der Waals surface area contributed by atoms with Crippen molar-refractivity contribution in [3.8, 4) is 11.3 Å². The van der Waals surface area contributed by atoms with Crippen LogP contribution in [0.15, 0.2) is 18.2 Å². The van der Waals surface area contributed by atoms with Crippen LogP contribution in [-0.2, 0) is 19.4 Å². The minimum atomic E-state index is 1.04. The zero-order valence-corrected chi connectivity index (χ0v) is 12.1. The lowest BCUT2D eigenvalue weighted by atomic mass is 9.90. The van der Waals surface area contributed by atoms with Gasteiger partial charge in [0.05, 0.1) is 5.69 Å². The maximum Gasteiger partial charge on any atom is 0.203 e. The summed E-state index contributed by atoms with van der Waals surface area (Å²) in [4.78, 5) is 4.82. The first-order chi connectivity index (χ1) is 9.83. The van der Waals surface area contributed by atoms with Crippen LogP contribution in [0.3, 0.4) is 0 Å². The average molecular weight is 267 g/mol. The van der Waals surface area contributed by atoms with Crippen LogP contribution >= 0.6 is 0 Å². The van der Waals surface area contributed by atoms with Gasteiger partial charge < -0.3 is 9.88 Å². The molecule has 3 heteroatoms. The highest BCUT2D eigenvalue weighted by Crippen LogP contribution is 2.31. The highest BCUT2D eigenvalue weighted by molar-refractivity contribution is 5.66. The van der Waals surface area contributed by atoms with Crippen LogP contribution in [0.1, 0.15) is 36.1 Å². The molecule has 2 heterocycles. The van der Waals surface area contributed by atoms with Crippen molar-refractivity contribution in [3.05, 3.63) is 35.0 Å². The van der Waals surface area contributed by atoms with Gasteiger partial charge in [0.1, 0.15) is 0 Å². The molecule has 4 rings (SSSR count). The predicted molar refractivity (Wildman–Crippen MR) is 82.1 cm³/mol. The Kier molecular flexibility index (Phi) is 2.79. The zero-order valence-electron chi connectivity index (χ0n) is 12.1. The Hall–Kier alpha value is -1.77. The predicted octanol–water partition coefficient (Wildman–Crippen LogP) is 3.55. The van der Waals surface area contributed by atoms with E-state index in [0.717, 1.165) is 24.7 Å². The third kappa shape index (κ3) is 1.84. The van der Waals surface area contributed by atoms with E-state index in [-0.39, 0.29) is 0 Å². The lowest BCUT2D eigenvalue weighted by molar-refractivity contribution is 0.615. The highest BCUT2D eigenvalue weighted by Gasteiger charge is 2.18. The Bertz CT molecular complexity index is 654. The van der Waals surface area contributed by atoms with Crippen molar-refractivity contribution >= 4 is 5.95 Å². The van der Waals surface area contributed by atoms with Crippen LogP contribution < -0.4 is 5.32 Å². The summed E-state index contributed by atoms with van der Waals surface area (Å²) in [6, 6.07) is 6.94. The number of benzene rings is 1. The summed E-state index contributed by atoms with van der Waals surface area (Å²) in [6.45, 7) is 4.32.